The molecule has 0 saturated carbocycles. The van der Waals surface area contributed by atoms with Gasteiger partial charge in [0.1, 0.15) is 0 Å². The van der Waals surface area contributed by atoms with E-state index in [4.69, 9.17) is 11.6 Å². The summed E-state index contributed by atoms with van der Waals surface area (Å²) in [6.45, 7) is 9.08. The van der Waals surface area contributed by atoms with Crippen molar-refractivity contribution in [3.63, 3.8) is 0 Å². The fourth-order valence-electron chi connectivity index (χ4n) is 2.04. The van der Waals surface area contributed by atoms with Crippen molar-refractivity contribution in [1.29, 1.82) is 0 Å². The highest BCUT2D eigenvalue weighted by molar-refractivity contribution is 6.30. The summed E-state index contributed by atoms with van der Waals surface area (Å²) in [5, 5.41) is 0.811. The molecule has 0 N–H and O–H groups in total. The molecule has 0 spiro atoms. The second kappa shape index (κ2) is 5.37. The van der Waals surface area contributed by atoms with Gasteiger partial charge in [-0.3, -0.25) is 4.90 Å². The van der Waals surface area contributed by atoms with Gasteiger partial charge in [-0.25, -0.2) is 0 Å². The molecule has 1 heterocycles. The number of halogens is 1. The molecule has 0 aliphatic carbocycles. The number of hydrogen-bond acceptors (Lipinski definition) is 2. The van der Waals surface area contributed by atoms with Crippen LogP contribution in [0, 0.1) is 0 Å². The SMILES string of the molecule is C=CCN1CCN(c2cccc(Cl)c2)CC1. The molecule has 0 radical (unpaired) electrons. The summed E-state index contributed by atoms with van der Waals surface area (Å²) in [6.07, 6.45) is 1.97. The highest BCUT2D eigenvalue weighted by atomic mass is 35.5. The number of hydrogen-bond donors (Lipinski definition) is 0. The Morgan fingerprint density at radius 2 is 2.00 bits per heavy atom. The largest absolute Gasteiger partial charge is 0.369 e. The van der Waals surface area contributed by atoms with E-state index in [2.05, 4.69) is 22.4 Å². The van der Waals surface area contributed by atoms with Crippen LogP contribution in [0.2, 0.25) is 5.02 Å². The Labute approximate surface area is 102 Å². The lowest BCUT2D eigenvalue weighted by Gasteiger charge is -2.35. The highest BCUT2D eigenvalue weighted by Crippen LogP contribution is 2.20. The van der Waals surface area contributed by atoms with Crippen molar-refractivity contribution in [2.45, 2.75) is 0 Å². The Morgan fingerprint density at radius 1 is 1.25 bits per heavy atom. The second-order valence-corrected chi connectivity index (χ2v) is 4.49. The third-order valence-corrected chi connectivity index (χ3v) is 3.17. The lowest BCUT2D eigenvalue weighted by Crippen LogP contribution is -2.46. The number of anilines is 1. The second-order valence-electron chi connectivity index (χ2n) is 4.06. The lowest BCUT2D eigenvalue weighted by atomic mass is 10.2. The van der Waals surface area contributed by atoms with Gasteiger partial charge >= 0.3 is 0 Å². The maximum Gasteiger partial charge on any atom is 0.0426 e. The molecule has 1 aliphatic rings. The molecule has 1 aromatic rings. The monoisotopic (exact) mass is 236 g/mol. The van der Waals surface area contributed by atoms with E-state index >= 15 is 0 Å². The van der Waals surface area contributed by atoms with E-state index in [1.807, 2.05) is 24.3 Å². The van der Waals surface area contributed by atoms with Gasteiger partial charge in [0.2, 0.25) is 0 Å². The predicted octanol–water partition coefficient (Wildman–Crippen LogP) is 2.65. The van der Waals surface area contributed by atoms with E-state index in [-0.39, 0.29) is 0 Å². The first-order valence-corrected chi connectivity index (χ1v) is 6.01. The highest BCUT2D eigenvalue weighted by Gasteiger charge is 2.15. The van der Waals surface area contributed by atoms with Gasteiger partial charge in [-0.2, -0.15) is 0 Å². The average Bonchev–Trinajstić information content (AvgIpc) is 2.30. The maximum absolute atomic E-state index is 5.99. The first-order valence-electron chi connectivity index (χ1n) is 5.63. The number of piperazine rings is 1. The zero-order valence-electron chi connectivity index (χ0n) is 9.40. The first kappa shape index (κ1) is 11.5. The third-order valence-electron chi connectivity index (χ3n) is 2.93. The van der Waals surface area contributed by atoms with Crippen molar-refractivity contribution in [3.8, 4) is 0 Å². The molecule has 0 aromatic heterocycles. The van der Waals surface area contributed by atoms with Gasteiger partial charge in [-0.05, 0) is 18.2 Å². The van der Waals surface area contributed by atoms with Crippen LogP contribution in [0.1, 0.15) is 0 Å². The molecule has 1 fully saturated rings. The van der Waals surface area contributed by atoms with E-state index < -0.39 is 0 Å². The van der Waals surface area contributed by atoms with Gasteiger partial charge in [0.05, 0.1) is 0 Å². The molecule has 0 unspecified atom stereocenters. The van der Waals surface area contributed by atoms with Crippen LogP contribution in [0.5, 0.6) is 0 Å². The Hall–Kier alpha value is -0.990. The van der Waals surface area contributed by atoms with Crippen molar-refractivity contribution in [3.05, 3.63) is 41.9 Å². The van der Waals surface area contributed by atoms with Crippen LogP contribution in [0.3, 0.4) is 0 Å². The molecule has 1 saturated heterocycles. The van der Waals surface area contributed by atoms with Crippen LogP contribution in [-0.4, -0.2) is 37.6 Å². The van der Waals surface area contributed by atoms with E-state index in [0.29, 0.717) is 0 Å². The van der Waals surface area contributed by atoms with Gasteiger partial charge in [-0.15, -0.1) is 6.58 Å². The Balaban J connectivity index is 1.96. The molecule has 1 aromatic carbocycles. The molecule has 16 heavy (non-hydrogen) atoms. The fourth-order valence-corrected chi connectivity index (χ4v) is 2.23. The molecule has 2 rings (SSSR count). The molecular weight excluding hydrogens is 220 g/mol. The summed E-state index contributed by atoms with van der Waals surface area (Å²) < 4.78 is 0. The molecule has 0 atom stereocenters. The van der Waals surface area contributed by atoms with E-state index in [0.717, 1.165) is 37.7 Å². The molecule has 1 aliphatic heterocycles. The van der Waals surface area contributed by atoms with Gasteiger partial charge in [-0.1, -0.05) is 23.7 Å². The van der Waals surface area contributed by atoms with E-state index in [1.165, 1.54) is 5.69 Å². The van der Waals surface area contributed by atoms with Crippen molar-refractivity contribution in [2.75, 3.05) is 37.6 Å². The number of rotatable bonds is 3. The molecule has 86 valence electrons. The number of benzene rings is 1. The lowest BCUT2D eigenvalue weighted by molar-refractivity contribution is 0.284. The van der Waals surface area contributed by atoms with Crippen molar-refractivity contribution < 1.29 is 0 Å². The molecular formula is C13H17ClN2. The summed E-state index contributed by atoms with van der Waals surface area (Å²) >= 11 is 5.99. The van der Waals surface area contributed by atoms with Gasteiger partial charge in [0.15, 0.2) is 0 Å². The van der Waals surface area contributed by atoms with Crippen LogP contribution in [0.4, 0.5) is 5.69 Å². The smallest absolute Gasteiger partial charge is 0.0426 e. The number of nitrogens with zero attached hydrogens (tertiary/aromatic N) is 2. The summed E-state index contributed by atoms with van der Waals surface area (Å²) in [4.78, 5) is 4.79. The average molecular weight is 237 g/mol. The van der Waals surface area contributed by atoms with Crippen molar-refractivity contribution in [2.24, 2.45) is 0 Å². The van der Waals surface area contributed by atoms with Crippen LogP contribution < -0.4 is 4.90 Å². The van der Waals surface area contributed by atoms with Crippen LogP contribution in [0.25, 0.3) is 0 Å². The summed E-state index contributed by atoms with van der Waals surface area (Å²) in [5.74, 6) is 0. The first-order chi connectivity index (χ1) is 7.79. The van der Waals surface area contributed by atoms with E-state index in [1.54, 1.807) is 0 Å². The molecule has 2 nitrogen and oxygen atoms in total. The summed E-state index contributed by atoms with van der Waals surface area (Å²) in [5.41, 5.74) is 1.23. The van der Waals surface area contributed by atoms with Crippen LogP contribution in [-0.2, 0) is 0 Å². The van der Waals surface area contributed by atoms with Crippen LogP contribution >= 0.6 is 11.6 Å². The van der Waals surface area contributed by atoms with E-state index in [9.17, 15) is 0 Å². The van der Waals surface area contributed by atoms with Crippen molar-refractivity contribution in [1.82, 2.24) is 4.90 Å². The zero-order valence-corrected chi connectivity index (χ0v) is 10.2. The minimum atomic E-state index is 0.811. The van der Waals surface area contributed by atoms with Gasteiger partial charge < -0.3 is 4.90 Å². The summed E-state index contributed by atoms with van der Waals surface area (Å²) in [7, 11) is 0. The standard InChI is InChI=1S/C13H17ClN2/c1-2-6-15-7-9-16(10-8-15)13-5-3-4-12(14)11-13/h2-5,11H,1,6-10H2. The summed E-state index contributed by atoms with van der Waals surface area (Å²) in [6, 6.07) is 8.08. The quantitative estimate of drug-likeness (QED) is 0.745. The Kier molecular flexibility index (Phi) is 3.86. The Bertz CT molecular complexity index is 357. The molecule has 3 heteroatoms. The predicted molar refractivity (Wildman–Crippen MR) is 70.3 cm³/mol. The van der Waals surface area contributed by atoms with Crippen molar-refractivity contribution >= 4 is 17.3 Å². The van der Waals surface area contributed by atoms with Gasteiger partial charge in [0, 0.05) is 43.4 Å². The molecule has 0 bridgehead atoms. The zero-order chi connectivity index (χ0) is 11.4. The Morgan fingerprint density at radius 3 is 2.62 bits per heavy atom. The molecule has 0 amide bonds. The minimum absolute atomic E-state index is 0.811. The third kappa shape index (κ3) is 2.77. The normalized spacial score (nSPS) is 17.4. The topological polar surface area (TPSA) is 6.48 Å². The fraction of sp³-hybridized carbons (Fsp3) is 0.385. The minimum Gasteiger partial charge on any atom is -0.369 e. The van der Waals surface area contributed by atoms with Crippen LogP contribution in [0.15, 0.2) is 36.9 Å². The van der Waals surface area contributed by atoms with Gasteiger partial charge in [0.25, 0.3) is 0 Å². The maximum atomic E-state index is 5.99.